The van der Waals surface area contributed by atoms with E-state index >= 15 is 0 Å². The fraction of sp³-hybridized carbons (Fsp3) is 0.950. The van der Waals surface area contributed by atoms with E-state index in [0.717, 1.165) is 41.9 Å². The number of rotatable bonds is 1. The molecule has 15 atom stereocenters. The van der Waals surface area contributed by atoms with E-state index in [9.17, 15) is 9.90 Å². The molecule has 8 saturated carbocycles. The highest BCUT2D eigenvalue weighted by Gasteiger charge is 2.90. The number of ether oxygens (including phenoxy) is 1. The molecule has 0 spiro atoms. The van der Waals surface area contributed by atoms with Crippen LogP contribution < -0.4 is 0 Å². The predicted octanol–water partition coefficient (Wildman–Crippen LogP) is 1.73. The van der Waals surface area contributed by atoms with Gasteiger partial charge in [-0.25, -0.2) is 0 Å². The van der Waals surface area contributed by atoms with Crippen LogP contribution in [-0.2, 0) is 9.53 Å². The van der Waals surface area contributed by atoms with Gasteiger partial charge in [0.25, 0.3) is 0 Å². The number of carbonyl (C=O) groups is 1. The maximum absolute atomic E-state index is 12.7. The number of carbonyl (C=O) groups excluding carboxylic acids is 1. The van der Waals surface area contributed by atoms with Crippen LogP contribution in [0.5, 0.6) is 0 Å². The van der Waals surface area contributed by atoms with E-state index < -0.39 is 0 Å². The van der Waals surface area contributed by atoms with Crippen LogP contribution in [0.15, 0.2) is 0 Å². The molecule has 3 nitrogen and oxygen atoms in total. The maximum atomic E-state index is 12.7. The molecule has 1 aliphatic heterocycles. The summed E-state index contributed by atoms with van der Waals surface area (Å²) in [4.78, 5) is 12.7. The van der Waals surface area contributed by atoms with Crippen molar-refractivity contribution in [3.8, 4) is 0 Å². The average Bonchev–Trinajstić information content (AvgIpc) is 3.27. The summed E-state index contributed by atoms with van der Waals surface area (Å²) in [7, 11) is 0. The van der Waals surface area contributed by atoms with Gasteiger partial charge < -0.3 is 14.6 Å². The van der Waals surface area contributed by atoms with Crippen molar-refractivity contribution in [2.75, 3.05) is 0 Å². The minimum absolute atomic E-state index is 0.139. The van der Waals surface area contributed by atoms with Gasteiger partial charge in [0.15, 0.2) is 0 Å². The molecule has 0 unspecified atom stereocenters. The predicted molar refractivity (Wildman–Crippen MR) is 80.0 cm³/mol. The van der Waals surface area contributed by atoms with Crippen LogP contribution in [0.3, 0.4) is 0 Å². The molecular weight excluding hydrogens is 288 g/mol. The monoisotopic (exact) mass is 312 g/mol. The number of hydrogen-bond donors (Lipinski definition) is 1. The van der Waals surface area contributed by atoms with Crippen molar-refractivity contribution < 1.29 is 14.6 Å². The minimum Gasteiger partial charge on any atom is -0.393 e. The van der Waals surface area contributed by atoms with E-state index in [-0.39, 0.29) is 17.6 Å². The normalized spacial score (nSPS) is 79.9. The molecule has 122 valence electrons. The van der Waals surface area contributed by atoms with Crippen LogP contribution in [0.25, 0.3) is 0 Å². The summed E-state index contributed by atoms with van der Waals surface area (Å²) in [5, 5.41) is 10.7. The van der Waals surface area contributed by atoms with Crippen molar-refractivity contribution in [2.45, 2.75) is 44.0 Å². The zero-order chi connectivity index (χ0) is 14.8. The molecule has 9 fully saturated rings. The van der Waals surface area contributed by atoms with Crippen LogP contribution in [0.2, 0.25) is 0 Å². The molecule has 8 aliphatic carbocycles. The summed E-state index contributed by atoms with van der Waals surface area (Å²) in [6, 6.07) is 0. The summed E-state index contributed by atoms with van der Waals surface area (Å²) in [6.07, 6.45) is 6.70. The van der Waals surface area contributed by atoms with Gasteiger partial charge >= 0.3 is 0 Å². The first-order chi connectivity index (χ1) is 11.3. The Balaban J connectivity index is 1.45. The molecule has 1 heterocycles. The third kappa shape index (κ3) is 0.852. The van der Waals surface area contributed by atoms with Crippen molar-refractivity contribution >= 4 is 6.29 Å². The van der Waals surface area contributed by atoms with Crippen LogP contribution in [-0.4, -0.2) is 29.7 Å². The lowest BCUT2D eigenvalue weighted by atomic mass is 9.55. The fourth-order valence-corrected chi connectivity index (χ4v) is 11.3. The molecule has 23 heavy (non-hydrogen) atoms. The molecule has 3 heteroatoms. The molecule has 9 bridgehead atoms. The standard InChI is InChI=1S/C20H24O3/c21-5-20-17-7-2-4-9-11(7)13-15(17)14-12(16(13)19(20)23-9)6-1-3-8(22)10(6)18(14)20/h5-19,22H,1-4H2/t6-,7+,8+,9+,10-,11+,12-,13-,14+,15-,16-,17+,18-,19+,20+/m1/s1. The van der Waals surface area contributed by atoms with Gasteiger partial charge in [-0.3, -0.25) is 0 Å². The van der Waals surface area contributed by atoms with E-state index in [4.69, 9.17) is 4.74 Å². The Morgan fingerprint density at radius 1 is 0.826 bits per heavy atom. The van der Waals surface area contributed by atoms with Gasteiger partial charge in [0, 0.05) is 0 Å². The van der Waals surface area contributed by atoms with Crippen molar-refractivity contribution in [3.05, 3.63) is 0 Å². The molecule has 0 amide bonds. The lowest BCUT2D eigenvalue weighted by molar-refractivity contribution is -0.206. The quantitative estimate of drug-likeness (QED) is 0.750. The Morgan fingerprint density at radius 3 is 2.52 bits per heavy atom. The van der Waals surface area contributed by atoms with Crippen molar-refractivity contribution in [1.82, 2.24) is 0 Å². The smallest absolute Gasteiger partial charge is 0.129 e. The largest absolute Gasteiger partial charge is 0.393 e. The highest BCUT2D eigenvalue weighted by atomic mass is 16.5. The lowest BCUT2D eigenvalue weighted by Gasteiger charge is -2.54. The highest BCUT2D eigenvalue weighted by molar-refractivity contribution is 5.67. The molecule has 0 aromatic rings. The Labute approximate surface area is 136 Å². The van der Waals surface area contributed by atoms with Crippen molar-refractivity contribution in [1.29, 1.82) is 0 Å². The average molecular weight is 312 g/mol. The van der Waals surface area contributed by atoms with Gasteiger partial charge in [-0.2, -0.15) is 0 Å². The Morgan fingerprint density at radius 2 is 1.65 bits per heavy atom. The number of hydrogen-bond acceptors (Lipinski definition) is 3. The molecule has 1 N–H and O–H groups in total. The van der Waals surface area contributed by atoms with Gasteiger partial charge in [-0.15, -0.1) is 0 Å². The Kier molecular flexibility index (Phi) is 1.67. The van der Waals surface area contributed by atoms with Gasteiger partial charge in [0.05, 0.1) is 23.7 Å². The van der Waals surface area contributed by atoms with Crippen molar-refractivity contribution in [2.24, 2.45) is 70.5 Å². The number of aldehydes is 1. The summed E-state index contributed by atoms with van der Waals surface area (Å²) < 4.78 is 6.75. The molecular formula is C20H24O3. The maximum Gasteiger partial charge on any atom is 0.129 e. The summed E-state index contributed by atoms with van der Waals surface area (Å²) in [5.41, 5.74) is -0.202. The number of fused-ring (bicyclic) bond motifs is 1. The molecule has 0 radical (unpaired) electrons. The Bertz CT molecular complexity index is 661. The summed E-state index contributed by atoms with van der Waals surface area (Å²) >= 11 is 0. The zero-order valence-corrected chi connectivity index (χ0v) is 13.3. The van der Waals surface area contributed by atoms with E-state index in [1.807, 2.05) is 0 Å². The van der Waals surface area contributed by atoms with E-state index in [1.165, 1.54) is 25.5 Å². The Hall–Kier alpha value is -0.410. The molecule has 9 rings (SSSR count). The summed E-state index contributed by atoms with van der Waals surface area (Å²) in [5.74, 6) is 7.76. The molecule has 0 aromatic carbocycles. The van der Waals surface area contributed by atoms with Gasteiger partial charge in [-0.05, 0) is 90.8 Å². The zero-order valence-electron chi connectivity index (χ0n) is 13.3. The van der Waals surface area contributed by atoms with E-state index in [2.05, 4.69) is 0 Å². The second-order valence-electron chi connectivity index (χ2n) is 10.4. The topological polar surface area (TPSA) is 46.5 Å². The van der Waals surface area contributed by atoms with Crippen LogP contribution >= 0.6 is 0 Å². The summed E-state index contributed by atoms with van der Waals surface area (Å²) in [6.45, 7) is 0. The minimum atomic E-state index is -0.202. The second-order valence-corrected chi connectivity index (χ2v) is 10.4. The molecule has 9 aliphatic rings. The van der Waals surface area contributed by atoms with Crippen LogP contribution in [0.4, 0.5) is 0 Å². The van der Waals surface area contributed by atoms with Gasteiger partial charge in [0.2, 0.25) is 0 Å². The lowest BCUT2D eigenvalue weighted by Crippen LogP contribution is -2.59. The van der Waals surface area contributed by atoms with E-state index in [0.29, 0.717) is 35.7 Å². The molecule has 1 saturated heterocycles. The molecule has 0 aromatic heterocycles. The van der Waals surface area contributed by atoms with Gasteiger partial charge in [0.1, 0.15) is 6.29 Å². The van der Waals surface area contributed by atoms with Crippen LogP contribution in [0.1, 0.15) is 25.7 Å². The van der Waals surface area contributed by atoms with E-state index in [1.54, 1.807) is 0 Å². The first kappa shape index (κ1) is 12.0. The number of aliphatic hydroxyl groups is 1. The van der Waals surface area contributed by atoms with Crippen molar-refractivity contribution in [3.63, 3.8) is 0 Å². The highest BCUT2D eigenvalue weighted by Crippen LogP contribution is 2.89. The third-order valence-electron chi connectivity index (χ3n) is 10.8. The first-order valence-electron chi connectivity index (χ1n) is 10.1. The second kappa shape index (κ2) is 3.19. The van der Waals surface area contributed by atoms with Crippen LogP contribution in [0, 0.1) is 70.5 Å². The fourth-order valence-electron chi connectivity index (χ4n) is 11.3. The third-order valence-corrected chi connectivity index (χ3v) is 10.8. The SMILES string of the molecule is O=C[C@@]12[C@H]3[C@H]4[C@@H]([C@@H]5CC[C@H](O)[C@@H]53)[C@@H]3[C@H]5[C@H]4[C@@H]1[C@H]1CC[C@H](O[C@@H]32)[C@H]15. The van der Waals surface area contributed by atoms with Gasteiger partial charge in [-0.1, -0.05) is 0 Å². The number of aliphatic hydroxyl groups excluding tert-OH is 1. The first-order valence-corrected chi connectivity index (χ1v) is 10.1.